The zero-order valence-electron chi connectivity index (χ0n) is 9.36. The van der Waals surface area contributed by atoms with Crippen LogP contribution in [0.3, 0.4) is 0 Å². The number of anilines is 1. The summed E-state index contributed by atoms with van der Waals surface area (Å²) in [5.41, 5.74) is 0.661. The van der Waals surface area contributed by atoms with Gasteiger partial charge in [0, 0.05) is 24.6 Å². The third-order valence-electron chi connectivity index (χ3n) is 2.69. The highest BCUT2D eigenvalue weighted by Crippen LogP contribution is 2.25. The number of rotatable bonds is 2. The van der Waals surface area contributed by atoms with Gasteiger partial charge in [0.25, 0.3) is 11.5 Å². The Morgan fingerprint density at radius 1 is 1.44 bits per heavy atom. The number of hydrogen-bond donors (Lipinski definition) is 1. The van der Waals surface area contributed by atoms with Gasteiger partial charge in [-0.1, -0.05) is 0 Å². The molecule has 0 amide bonds. The summed E-state index contributed by atoms with van der Waals surface area (Å²) in [5.74, 6) is 1.01. The van der Waals surface area contributed by atoms with Gasteiger partial charge in [-0.25, -0.2) is 0 Å². The number of nitrogens with one attached hydrogen (secondary N) is 1. The summed E-state index contributed by atoms with van der Waals surface area (Å²) < 4.78 is 1.61. The highest BCUT2D eigenvalue weighted by molar-refractivity contribution is 5.92. The molecule has 0 unspecified atom stereocenters. The molecule has 0 aliphatic carbocycles. The first-order valence-corrected chi connectivity index (χ1v) is 5.16. The zero-order valence-corrected chi connectivity index (χ0v) is 9.36. The topological polar surface area (TPSA) is 98.2 Å². The number of hydrogen-bond acceptors (Lipinski definition) is 6. The molecule has 0 saturated heterocycles. The maximum atomic E-state index is 10.8. The molecule has 18 heavy (non-hydrogen) atoms. The van der Waals surface area contributed by atoms with Crippen LogP contribution in [0.2, 0.25) is 0 Å². The van der Waals surface area contributed by atoms with Crippen molar-refractivity contribution in [2.45, 2.75) is 0 Å². The SMILES string of the molecule is CNc1nc2nncn2c2cc([N+](=O)[O-])ccc12. The number of nitrogens with zero attached hydrogens (tertiary/aromatic N) is 5. The Kier molecular flexibility index (Phi) is 2.09. The summed E-state index contributed by atoms with van der Waals surface area (Å²) in [6.07, 6.45) is 1.48. The van der Waals surface area contributed by atoms with Gasteiger partial charge in [-0.15, -0.1) is 10.2 Å². The van der Waals surface area contributed by atoms with E-state index in [1.54, 1.807) is 17.5 Å². The molecule has 90 valence electrons. The molecule has 0 aliphatic heterocycles. The lowest BCUT2D eigenvalue weighted by atomic mass is 10.2. The number of fused-ring (bicyclic) bond motifs is 3. The lowest BCUT2D eigenvalue weighted by Crippen LogP contribution is -1.99. The fourth-order valence-corrected chi connectivity index (χ4v) is 1.86. The predicted molar refractivity (Wildman–Crippen MR) is 64.5 cm³/mol. The first-order chi connectivity index (χ1) is 8.70. The average Bonchev–Trinajstić information content (AvgIpc) is 2.85. The van der Waals surface area contributed by atoms with Gasteiger partial charge in [-0.05, 0) is 6.07 Å². The lowest BCUT2D eigenvalue weighted by Gasteiger charge is -2.06. The van der Waals surface area contributed by atoms with Gasteiger partial charge in [0.2, 0.25) is 0 Å². The van der Waals surface area contributed by atoms with E-state index in [1.807, 2.05) is 0 Å². The summed E-state index contributed by atoms with van der Waals surface area (Å²) in [6, 6.07) is 4.58. The quantitative estimate of drug-likeness (QED) is 0.537. The minimum atomic E-state index is -0.435. The molecule has 0 saturated carbocycles. The number of nitro benzene ring substituents is 1. The van der Waals surface area contributed by atoms with Crippen LogP contribution in [0.4, 0.5) is 11.5 Å². The smallest absolute Gasteiger partial charge is 0.271 e. The van der Waals surface area contributed by atoms with Crippen LogP contribution in [-0.4, -0.2) is 31.6 Å². The molecular formula is C10H8N6O2. The van der Waals surface area contributed by atoms with Crippen LogP contribution in [0.5, 0.6) is 0 Å². The van der Waals surface area contributed by atoms with Crippen molar-refractivity contribution in [3.63, 3.8) is 0 Å². The molecule has 8 heteroatoms. The Morgan fingerprint density at radius 2 is 2.28 bits per heavy atom. The van der Waals surface area contributed by atoms with E-state index in [1.165, 1.54) is 18.5 Å². The Bertz CT molecular complexity index is 765. The Morgan fingerprint density at radius 3 is 3.00 bits per heavy atom. The van der Waals surface area contributed by atoms with Gasteiger partial charge in [-0.3, -0.25) is 14.5 Å². The van der Waals surface area contributed by atoms with Crippen molar-refractivity contribution in [1.29, 1.82) is 0 Å². The Hall–Kier alpha value is -2.77. The van der Waals surface area contributed by atoms with Gasteiger partial charge in [0.1, 0.15) is 12.1 Å². The molecule has 3 aromatic rings. The van der Waals surface area contributed by atoms with Crippen LogP contribution in [0.25, 0.3) is 16.7 Å². The molecular weight excluding hydrogens is 236 g/mol. The molecule has 0 spiro atoms. The van der Waals surface area contributed by atoms with E-state index in [-0.39, 0.29) is 5.69 Å². The minimum absolute atomic E-state index is 0.0192. The molecule has 2 aromatic heterocycles. The number of benzene rings is 1. The fraction of sp³-hybridized carbons (Fsp3) is 0.100. The van der Waals surface area contributed by atoms with Crippen molar-refractivity contribution >= 4 is 28.2 Å². The molecule has 3 rings (SSSR count). The van der Waals surface area contributed by atoms with Crippen LogP contribution < -0.4 is 5.32 Å². The van der Waals surface area contributed by atoms with Crippen molar-refractivity contribution in [2.24, 2.45) is 0 Å². The van der Waals surface area contributed by atoms with Crippen molar-refractivity contribution in [3.05, 3.63) is 34.6 Å². The molecule has 0 radical (unpaired) electrons. The Balaban J connectivity index is 2.47. The number of nitro groups is 1. The highest BCUT2D eigenvalue weighted by Gasteiger charge is 2.13. The number of non-ortho nitro benzene ring substituents is 1. The standard InChI is InChI=1S/C10H8N6O2/c1-11-9-7-3-2-6(16(17)18)4-8(7)15-5-12-14-10(15)13-9/h2-5H,1H3,(H,11,13,14). The molecule has 2 heterocycles. The van der Waals surface area contributed by atoms with Crippen molar-refractivity contribution in [2.75, 3.05) is 12.4 Å². The van der Waals surface area contributed by atoms with Crippen LogP contribution in [0, 0.1) is 10.1 Å². The highest BCUT2D eigenvalue weighted by atomic mass is 16.6. The maximum absolute atomic E-state index is 10.8. The van der Waals surface area contributed by atoms with Crippen molar-refractivity contribution in [3.8, 4) is 0 Å². The molecule has 0 bridgehead atoms. The maximum Gasteiger partial charge on any atom is 0.271 e. The van der Waals surface area contributed by atoms with E-state index in [9.17, 15) is 10.1 Å². The first-order valence-electron chi connectivity index (χ1n) is 5.16. The summed E-state index contributed by atoms with van der Waals surface area (Å²) in [7, 11) is 1.73. The van der Waals surface area contributed by atoms with Gasteiger partial charge in [0.05, 0.1) is 10.4 Å². The summed E-state index contributed by atoms with van der Waals surface area (Å²) in [6.45, 7) is 0. The van der Waals surface area contributed by atoms with Crippen molar-refractivity contribution in [1.82, 2.24) is 19.6 Å². The second-order valence-electron chi connectivity index (χ2n) is 3.67. The van der Waals surface area contributed by atoms with Crippen LogP contribution in [0.15, 0.2) is 24.5 Å². The van der Waals surface area contributed by atoms with E-state index < -0.39 is 4.92 Å². The number of aromatic nitrogens is 4. The van der Waals surface area contributed by atoms with Crippen LogP contribution in [0.1, 0.15) is 0 Å². The lowest BCUT2D eigenvalue weighted by molar-refractivity contribution is -0.384. The van der Waals surface area contributed by atoms with Crippen LogP contribution >= 0.6 is 0 Å². The summed E-state index contributed by atoms with van der Waals surface area (Å²) >= 11 is 0. The predicted octanol–water partition coefficient (Wildman–Crippen LogP) is 1.23. The van der Waals surface area contributed by atoms with E-state index in [4.69, 9.17) is 0 Å². The van der Waals surface area contributed by atoms with Gasteiger partial charge in [-0.2, -0.15) is 4.98 Å². The molecule has 0 fully saturated rings. The molecule has 0 aliphatic rings. The van der Waals surface area contributed by atoms with Crippen LogP contribution in [-0.2, 0) is 0 Å². The fourth-order valence-electron chi connectivity index (χ4n) is 1.86. The van der Waals surface area contributed by atoms with E-state index in [0.717, 1.165) is 5.39 Å². The molecule has 1 aromatic carbocycles. The molecule has 0 atom stereocenters. The van der Waals surface area contributed by atoms with E-state index in [0.29, 0.717) is 17.1 Å². The summed E-state index contributed by atoms with van der Waals surface area (Å²) in [5, 5.41) is 22.1. The van der Waals surface area contributed by atoms with Gasteiger partial charge >= 0.3 is 0 Å². The summed E-state index contributed by atoms with van der Waals surface area (Å²) in [4.78, 5) is 14.6. The minimum Gasteiger partial charge on any atom is -0.372 e. The third kappa shape index (κ3) is 1.35. The van der Waals surface area contributed by atoms with Gasteiger partial charge < -0.3 is 5.32 Å². The monoisotopic (exact) mass is 244 g/mol. The molecule has 1 N–H and O–H groups in total. The van der Waals surface area contributed by atoms with E-state index in [2.05, 4.69) is 20.5 Å². The normalized spacial score (nSPS) is 10.9. The van der Waals surface area contributed by atoms with E-state index >= 15 is 0 Å². The second kappa shape index (κ2) is 3.62. The zero-order chi connectivity index (χ0) is 12.7. The Labute approximate surface area is 100 Å². The second-order valence-corrected chi connectivity index (χ2v) is 3.67. The molecule has 8 nitrogen and oxygen atoms in total. The largest absolute Gasteiger partial charge is 0.372 e. The first kappa shape index (κ1) is 10.4. The third-order valence-corrected chi connectivity index (χ3v) is 2.69. The van der Waals surface area contributed by atoms with Gasteiger partial charge in [0.15, 0.2) is 0 Å². The average molecular weight is 244 g/mol. The van der Waals surface area contributed by atoms with Crippen molar-refractivity contribution < 1.29 is 4.92 Å².